The van der Waals surface area contributed by atoms with Crippen molar-refractivity contribution in [1.29, 1.82) is 0 Å². The van der Waals surface area contributed by atoms with Crippen LogP contribution < -0.4 is 10.4 Å². The quantitative estimate of drug-likeness (QED) is 0.323. The predicted octanol–water partition coefficient (Wildman–Crippen LogP) is 4.98. The number of allylic oxidation sites excluding steroid dienone is 1. The lowest BCUT2D eigenvalue weighted by molar-refractivity contribution is -0.108. The summed E-state index contributed by atoms with van der Waals surface area (Å²) < 4.78 is 6.93. The summed E-state index contributed by atoms with van der Waals surface area (Å²) in [7, 11) is -2.47. The van der Waals surface area contributed by atoms with Crippen LogP contribution in [0.1, 0.15) is 40.5 Å². The number of carbonyl (C=O) groups is 1. The van der Waals surface area contributed by atoms with Crippen LogP contribution in [0.15, 0.2) is 73.3 Å². The largest absolute Gasteiger partial charge is 0.407 e. The van der Waals surface area contributed by atoms with Crippen molar-refractivity contribution in [3.63, 3.8) is 0 Å². The summed E-state index contributed by atoms with van der Waals surface area (Å²) in [4.78, 5) is 10.9. The molecular weight excluding hydrogens is 360 g/mol. The fraction of sp³-hybridized carbons (Fsp3) is 0.400. The van der Waals surface area contributed by atoms with Crippen molar-refractivity contribution in [1.82, 2.24) is 0 Å². The van der Waals surface area contributed by atoms with Crippen LogP contribution in [-0.4, -0.2) is 21.2 Å². The lowest BCUT2D eigenvalue weighted by Gasteiger charge is -2.43. The zero-order valence-electron chi connectivity index (χ0n) is 17.7. The van der Waals surface area contributed by atoms with E-state index >= 15 is 0 Å². The summed E-state index contributed by atoms with van der Waals surface area (Å²) in [6.07, 6.45) is 4.34. The molecule has 0 radical (unpaired) electrons. The van der Waals surface area contributed by atoms with Crippen molar-refractivity contribution in [3.05, 3.63) is 73.3 Å². The van der Waals surface area contributed by atoms with Crippen LogP contribution in [0.2, 0.25) is 5.04 Å². The zero-order valence-corrected chi connectivity index (χ0v) is 18.7. The van der Waals surface area contributed by atoms with E-state index in [0.717, 1.165) is 12.7 Å². The van der Waals surface area contributed by atoms with Gasteiger partial charge in [-0.3, -0.25) is 0 Å². The van der Waals surface area contributed by atoms with E-state index in [-0.39, 0.29) is 11.0 Å². The Kier molecular flexibility index (Phi) is 7.96. The molecule has 2 aromatic carbocycles. The van der Waals surface area contributed by atoms with Crippen LogP contribution in [0.3, 0.4) is 0 Å². The van der Waals surface area contributed by atoms with E-state index in [1.165, 1.54) is 10.4 Å². The van der Waals surface area contributed by atoms with Gasteiger partial charge in [0.25, 0.3) is 8.32 Å². The van der Waals surface area contributed by atoms with Crippen LogP contribution >= 0.6 is 0 Å². The number of hydrogen-bond acceptors (Lipinski definition) is 2. The highest BCUT2D eigenvalue weighted by molar-refractivity contribution is 6.99. The van der Waals surface area contributed by atoms with Crippen molar-refractivity contribution in [2.24, 2.45) is 11.8 Å². The minimum absolute atomic E-state index is 0.0143. The minimum Gasteiger partial charge on any atom is -0.407 e. The van der Waals surface area contributed by atoms with Gasteiger partial charge in [0.05, 0.1) is 0 Å². The minimum atomic E-state index is -2.47. The average molecular weight is 395 g/mol. The zero-order chi connectivity index (χ0) is 20.6. The van der Waals surface area contributed by atoms with Gasteiger partial charge >= 0.3 is 0 Å². The summed E-state index contributed by atoms with van der Waals surface area (Å²) in [5.41, 5.74) is 0. The second kappa shape index (κ2) is 9.99. The van der Waals surface area contributed by atoms with E-state index in [9.17, 15) is 4.79 Å². The second-order valence-electron chi connectivity index (χ2n) is 8.58. The molecule has 28 heavy (non-hydrogen) atoms. The lowest BCUT2D eigenvalue weighted by atomic mass is 9.89. The van der Waals surface area contributed by atoms with Crippen LogP contribution in [-0.2, 0) is 9.22 Å². The van der Waals surface area contributed by atoms with E-state index in [0.29, 0.717) is 18.9 Å². The van der Waals surface area contributed by atoms with E-state index in [1.807, 2.05) is 6.08 Å². The Morgan fingerprint density at radius 2 is 1.50 bits per heavy atom. The van der Waals surface area contributed by atoms with Gasteiger partial charge < -0.3 is 9.22 Å². The van der Waals surface area contributed by atoms with E-state index in [2.05, 4.69) is 94.9 Å². The van der Waals surface area contributed by atoms with Gasteiger partial charge in [0.2, 0.25) is 0 Å². The summed E-state index contributed by atoms with van der Waals surface area (Å²) in [5, 5.41) is 2.59. The first-order valence-corrected chi connectivity index (χ1v) is 12.1. The number of aldehydes is 1. The summed E-state index contributed by atoms with van der Waals surface area (Å²) in [6.45, 7) is 13.6. The Balaban J connectivity index is 2.37. The van der Waals surface area contributed by atoms with Crippen molar-refractivity contribution in [2.45, 2.75) is 45.6 Å². The van der Waals surface area contributed by atoms with Gasteiger partial charge in [0, 0.05) is 13.0 Å². The Bertz CT molecular complexity index is 695. The molecule has 0 saturated carbocycles. The Morgan fingerprint density at radius 1 is 1.00 bits per heavy atom. The van der Waals surface area contributed by atoms with Gasteiger partial charge in [0.15, 0.2) is 0 Å². The van der Waals surface area contributed by atoms with Gasteiger partial charge in [-0.25, -0.2) is 0 Å². The SMILES string of the molecule is C=C[C@H](CC=O)[C@H](C)CCO[Si](c1ccccc1)(c1ccccc1)C(C)(C)C. The molecular formula is C25H34O2Si. The second-order valence-corrected chi connectivity index (χ2v) is 12.9. The lowest BCUT2D eigenvalue weighted by Crippen LogP contribution is -2.66. The number of hydrogen-bond donors (Lipinski definition) is 0. The molecule has 2 nitrogen and oxygen atoms in total. The first-order chi connectivity index (χ1) is 13.4. The van der Waals surface area contributed by atoms with Gasteiger partial charge in [-0.1, -0.05) is 94.4 Å². The molecule has 0 saturated heterocycles. The highest BCUT2D eigenvalue weighted by Gasteiger charge is 2.50. The number of carbonyl (C=O) groups excluding carboxylic acids is 1. The molecule has 3 heteroatoms. The molecule has 0 N–H and O–H groups in total. The molecule has 0 heterocycles. The average Bonchev–Trinajstić information content (AvgIpc) is 2.69. The summed E-state index contributed by atoms with van der Waals surface area (Å²) >= 11 is 0. The topological polar surface area (TPSA) is 26.3 Å². The third-order valence-corrected chi connectivity index (χ3v) is 10.8. The third-order valence-electron chi connectivity index (χ3n) is 5.71. The van der Waals surface area contributed by atoms with Gasteiger partial charge in [-0.2, -0.15) is 0 Å². The summed E-state index contributed by atoms with van der Waals surface area (Å²) in [5.74, 6) is 0.571. The van der Waals surface area contributed by atoms with E-state index in [4.69, 9.17) is 4.43 Å². The predicted molar refractivity (Wildman–Crippen MR) is 122 cm³/mol. The molecule has 0 aliphatic rings. The Morgan fingerprint density at radius 3 is 1.89 bits per heavy atom. The van der Waals surface area contributed by atoms with Crippen LogP contribution in [0, 0.1) is 11.8 Å². The smallest absolute Gasteiger partial charge is 0.261 e. The molecule has 0 fully saturated rings. The molecule has 150 valence electrons. The number of benzene rings is 2. The van der Waals surface area contributed by atoms with Crippen molar-refractivity contribution in [3.8, 4) is 0 Å². The number of rotatable bonds is 10. The maximum atomic E-state index is 10.9. The Hall–Kier alpha value is -1.97. The Labute approximate surface area is 171 Å². The van der Waals surface area contributed by atoms with E-state index in [1.54, 1.807) is 0 Å². The third kappa shape index (κ3) is 4.89. The molecule has 0 spiro atoms. The van der Waals surface area contributed by atoms with Crippen LogP contribution in [0.25, 0.3) is 0 Å². The molecule has 0 bridgehead atoms. The fourth-order valence-electron chi connectivity index (χ4n) is 4.05. The fourth-order valence-corrected chi connectivity index (χ4v) is 8.63. The van der Waals surface area contributed by atoms with Gasteiger partial charge in [-0.05, 0) is 33.7 Å². The standard InChI is InChI=1S/C25H34O2Si/c1-6-22(17-19-26)21(2)18-20-27-28(25(3,4)5,23-13-9-7-10-14-23)24-15-11-8-12-16-24/h6-16,19,21-22H,1,17-18,20H2,2-5H3/t21-,22-/m1/s1. The summed E-state index contributed by atoms with van der Waals surface area (Å²) in [6, 6.07) is 21.4. The molecule has 0 aliphatic carbocycles. The van der Waals surface area contributed by atoms with Gasteiger partial charge in [-0.15, -0.1) is 6.58 Å². The highest BCUT2D eigenvalue weighted by Crippen LogP contribution is 2.37. The molecule has 0 aromatic heterocycles. The van der Waals surface area contributed by atoms with Crippen LogP contribution in [0.4, 0.5) is 0 Å². The monoisotopic (exact) mass is 394 g/mol. The molecule has 2 aromatic rings. The molecule has 0 amide bonds. The van der Waals surface area contributed by atoms with Crippen LogP contribution in [0.5, 0.6) is 0 Å². The maximum absolute atomic E-state index is 10.9. The first-order valence-electron chi connectivity index (χ1n) is 10.2. The molecule has 0 unspecified atom stereocenters. The van der Waals surface area contributed by atoms with E-state index < -0.39 is 8.32 Å². The normalized spacial score (nSPS) is 14.3. The van der Waals surface area contributed by atoms with Crippen molar-refractivity contribution >= 4 is 25.0 Å². The first kappa shape index (κ1) is 22.3. The molecule has 0 aliphatic heterocycles. The van der Waals surface area contributed by atoms with Crippen molar-refractivity contribution in [2.75, 3.05) is 6.61 Å². The maximum Gasteiger partial charge on any atom is 0.261 e. The highest BCUT2D eigenvalue weighted by atomic mass is 28.4. The van der Waals surface area contributed by atoms with Crippen molar-refractivity contribution < 1.29 is 9.22 Å². The van der Waals surface area contributed by atoms with Gasteiger partial charge in [0.1, 0.15) is 6.29 Å². The molecule has 2 rings (SSSR count). The molecule has 2 atom stereocenters.